The molecule has 0 saturated heterocycles. The first-order valence-corrected chi connectivity index (χ1v) is 7.03. The molecule has 1 aromatic carbocycles. The van der Waals surface area contributed by atoms with Gasteiger partial charge in [0.05, 0.1) is 0 Å². The van der Waals surface area contributed by atoms with E-state index in [2.05, 4.69) is 5.16 Å². The van der Waals surface area contributed by atoms with E-state index in [1.54, 1.807) is 37.2 Å². The van der Waals surface area contributed by atoms with Crippen molar-refractivity contribution in [3.05, 3.63) is 45.1 Å². The molecule has 0 aliphatic carbocycles. The first kappa shape index (κ1) is 17.8. The number of hydrogen-bond donors (Lipinski definition) is 0. The fourth-order valence-corrected chi connectivity index (χ4v) is 2.05. The van der Waals surface area contributed by atoms with Crippen LogP contribution in [-0.2, 0) is 11.4 Å². The smallest absolute Gasteiger partial charge is 0.149 e. The van der Waals surface area contributed by atoms with E-state index in [0.29, 0.717) is 22.2 Å². The van der Waals surface area contributed by atoms with Gasteiger partial charge in [0.15, 0.2) is 0 Å². The highest BCUT2D eigenvalue weighted by Gasteiger charge is 2.07. The van der Waals surface area contributed by atoms with Gasteiger partial charge in [0.1, 0.15) is 24.3 Å². The summed E-state index contributed by atoms with van der Waals surface area (Å²) in [4.78, 5) is 6.85. The van der Waals surface area contributed by atoms with Gasteiger partial charge in [-0.2, -0.15) is 10.5 Å². The van der Waals surface area contributed by atoms with E-state index in [4.69, 9.17) is 38.6 Å². The number of halogens is 2. The van der Waals surface area contributed by atoms with E-state index in [9.17, 15) is 0 Å². The molecule has 0 N–H and O–H groups in total. The van der Waals surface area contributed by atoms with Crippen molar-refractivity contribution in [1.82, 2.24) is 4.90 Å². The van der Waals surface area contributed by atoms with Crippen LogP contribution in [0.25, 0.3) is 0 Å². The summed E-state index contributed by atoms with van der Waals surface area (Å²) in [6.07, 6.45) is 1.81. The molecular formula is C15H14Cl2N4O. The van der Waals surface area contributed by atoms with Gasteiger partial charge in [-0.25, -0.2) is 0 Å². The molecule has 0 bridgehead atoms. The Bertz CT molecular complexity index is 653. The minimum Gasteiger partial charge on any atom is -0.391 e. The Morgan fingerprint density at radius 2 is 2.00 bits per heavy atom. The number of rotatable bonds is 6. The van der Waals surface area contributed by atoms with Gasteiger partial charge in [0, 0.05) is 48.0 Å². The fraction of sp³-hybridized carbons (Fsp3) is 0.267. The summed E-state index contributed by atoms with van der Waals surface area (Å²) >= 11 is 11.8. The Hall–Kier alpha value is -2.21. The third-order valence-electron chi connectivity index (χ3n) is 2.72. The lowest BCUT2D eigenvalue weighted by Crippen LogP contribution is -2.13. The van der Waals surface area contributed by atoms with Crippen molar-refractivity contribution in [3.63, 3.8) is 0 Å². The van der Waals surface area contributed by atoms with Crippen LogP contribution in [0.4, 0.5) is 0 Å². The first-order chi connectivity index (χ1) is 10.5. The second-order valence-corrected chi connectivity index (χ2v) is 5.28. The predicted octanol–water partition coefficient (Wildman–Crippen LogP) is 3.75. The maximum atomic E-state index is 8.89. The minimum atomic E-state index is 0.0530. The van der Waals surface area contributed by atoms with Crippen molar-refractivity contribution in [2.24, 2.45) is 5.16 Å². The number of hydrogen-bond acceptors (Lipinski definition) is 5. The average Bonchev–Trinajstić information content (AvgIpc) is 2.47. The summed E-state index contributed by atoms with van der Waals surface area (Å²) in [7, 11) is 3.51. The fourth-order valence-electron chi connectivity index (χ4n) is 1.58. The van der Waals surface area contributed by atoms with Crippen molar-refractivity contribution in [1.29, 1.82) is 10.5 Å². The minimum absolute atomic E-state index is 0.0530. The summed E-state index contributed by atoms with van der Waals surface area (Å²) in [5, 5.41) is 22.7. The summed E-state index contributed by atoms with van der Waals surface area (Å²) in [5.74, 6) is 0. The number of nitrogens with zero attached hydrogens (tertiary/aromatic N) is 4. The van der Waals surface area contributed by atoms with Gasteiger partial charge in [-0.1, -0.05) is 34.4 Å². The van der Waals surface area contributed by atoms with E-state index in [0.717, 1.165) is 5.56 Å². The molecule has 7 heteroatoms. The highest BCUT2D eigenvalue weighted by Crippen LogP contribution is 2.21. The SMILES string of the molecule is CN(C)C(C/C=N/OCc1ccc(Cl)cc1Cl)=C(C#N)C#N. The van der Waals surface area contributed by atoms with Crippen LogP contribution >= 0.6 is 23.2 Å². The highest BCUT2D eigenvalue weighted by molar-refractivity contribution is 6.35. The van der Waals surface area contributed by atoms with Crippen molar-refractivity contribution >= 4 is 29.4 Å². The number of nitriles is 2. The number of oxime groups is 1. The largest absolute Gasteiger partial charge is 0.391 e. The Kier molecular flexibility index (Phi) is 7.25. The van der Waals surface area contributed by atoms with Gasteiger partial charge in [-0.3, -0.25) is 0 Å². The van der Waals surface area contributed by atoms with Crippen molar-refractivity contribution < 1.29 is 4.84 Å². The summed E-state index contributed by atoms with van der Waals surface area (Å²) in [5.41, 5.74) is 1.39. The molecule has 0 atom stereocenters. The molecule has 1 aromatic rings. The van der Waals surface area contributed by atoms with Crippen molar-refractivity contribution in [2.45, 2.75) is 13.0 Å². The summed E-state index contributed by atoms with van der Waals surface area (Å²) in [6, 6.07) is 8.82. The van der Waals surface area contributed by atoms with Gasteiger partial charge in [0.2, 0.25) is 0 Å². The molecular weight excluding hydrogens is 323 g/mol. The molecule has 114 valence electrons. The molecule has 0 saturated carbocycles. The van der Waals surface area contributed by atoms with Crippen LogP contribution in [0.15, 0.2) is 34.6 Å². The van der Waals surface area contributed by atoms with Crippen molar-refractivity contribution in [2.75, 3.05) is 14.1 Å². The van der Waals surface area contributed by atoms with Crippen LogP contribution in [0.3, 0.4) is 0 Å². The van der Waals surface area contributed by atoms with E-state index >= 15 is 0 Å². The van der Waals surface area contributed by atoms with Gasteiger partial charge in [0.25, 0.3) is 0 Å². The maximum Gasteiger partial charge on any atom is 0.149 e. The zero-order valence-electron chi connectivity index (χ0n) is 12.2. The topological polar surface area (TPSA) is 72.4 Å². The normalized spacial score (nSPS) is 9.91. The average molecular weight is 337 g/mol. The Labute approximate surface area is 139 Å². The zero-order chi connectivity index (χ0) is 16.5. The Balaban J connectivity index is 2.62. The molecule has 0 fully saturated rings. The van der Waals surface area contributed by atoms with Gasteiger partial charge < -0.3 is 9.74 Å². The maximum absolute atomic E-state index is 8.89. The molecule has 0 aromatic heterocycles. The molecule has 1 rings (SSSR count). The molecule has 0 heterocycles. The Morgan fingerprint density at radius 1 is 1.32 bits per heavy atom. The van der Waals surface area contributed by atoms with E-state index in [1.807, 2.05) is 12.1 Å². The van der Waals surface area contributed by atoms with Crippen LogP contribution in [0.2, 0.25) is 10.0 Å². The lowest BCUT2D eigenvalue weighted by Gasteiger charge is -2.14. The molecule has 0 amide bonds. The standard InChI is InChI=1S/C15H14Cl2N4O/c1-21(2)15(12(8-18)9-19)5-6-20-22-10-11-3-4-13(16)7-14(11)17/h3-4,6-7H,5,10H2,1-2H3/b20-6+. The summed E-state index contributed by atoms with van der Waals surface area (Å²) in [6.45, 7) is 0.205. The monoisotopic (exact) mass is 336 g/mol. The molecule has 5 nitrogen and oxygen atoms in total. The molecule has 0 radical (unpaired) electrons. The highest BCUT2D eigenvalue weighted by atomic mass is 35.5. The number of allylic oxidation sites excluding steroid dienone is 2. The quantitative estimate of drug-likeness (QED) is 0.450. The molecule has 0 unspecified atom stereocenters. The van der Waals surface area contributed by atoms with E-state index in [-0.39, 0.29) is 12.2 Å². The van der Waals surface area contributed by atoms with Gasteiger partial charge in [-0.15, -0.1) is 0 Å². The third-order valence-corrected chi connectivity index (χ3v) is 3.31. The molecule has 22 heavy (non-hydrogen) atoms. The van der Waals surface area contributed by atoms with E-state index < -0.39 is 0 Å². The predicted molar refractivity (Wildman–Crippen MR) is 86.3 cm³/mol. The third kappa shape index (κ3) is 5.29. The Morgan fingerprint density at radius 3 is 2.55 bits per heavy atom. The summed E-state index contributed by atoms with van der Waals surface area (Å²) < 4.78 is 0. The zero-order valence-corrected chi connectivity index (χ0v) is 13.7. The van der Waals surface area contributed by atoms with Crippen LogP contribution in [0.5, 0.6) is 0 Å². The van der Waals surface area contributed by atoms with Gasteiger partial charge >= 0.3 is 0 Å². The lowest BCUT2D eigenvalue weighted by atomic mass is 10.2. The second kappa shape index (κ2) is 8.94. The van der Waals surface area contributed by atoms with Crippen LogP contribution in [0, 0.1) is 22.7 Å². The lowest BCUT2D eigenvalue weighted by molar-refractivity contribution is 0.131. The van der Waals surface area contributed by atoms with Crippen LogP contribution < -0.4 is 0 Å². The van der Waals surface area contributed by atoms with Gasteiger partial charge in [-0.05, 0) is 12.1 Å². The second-order valence-electron chi connectivity index (χ2n) is 4.44. The van der Waals surface area contributed by atoms with Crippen molar-refractivity contribution in [3.8, 4) is 12.1 Å². The molecule has 0 aliphatic rings. The first-order valence-electron chi connectivity index (χ1n) is 6.28. The molecule has 0 spiro atoms. The van der Waals surface area contributed by atoms with Crippen LogP contribution in [0.1, 0.15) is 12.0 Å². The van der Waals surface area contributed by atoms with E-state index in [1.165, 1.54) is 6.21 Å². The van der Waals surface area contributed by atoms with Crippen LogP contribution in [-0.4, -0.2) is 25.2 Å². The molecule has 0 aliphatic heterocycles. The number of benzene rings is 1.